The van der Waals surface area contributed by atoms with E-state index in [4.69, 9.17) is 18.9 Å². The van der Waals surface area contributed by atoms with E-state index in [2.05, 4.69) is 55.0 Å². The molecular weight excluding hydrogens is 837 g/mol. The van der Waals surface area contributed by atoms with Gasteiger partial charge in [-0.05, 0) is 110 Å². The number of aromatic nitrogens is 2. The van der Waals surface area contributed by atoms with E-state index in [1.165, 1.54) is 122 Å². The summed E-state index contributed by atoms with van der Waals surface area (Å²) >= 11 is 0. The predicted molar refractivity (Wildman–Crippen MR) is 283 cm³/mol. The number of unbranched alkanes of at least 4 members (excludes halogenated alkanes) is 24. The molecule has 1 aromatic rings. The molecule has 0 spiro atoms. The van der Waals surface area contributed by atoms with Crippen molar-refractivity contribution >= 4 is 17.6 Å². The third-order valence-electron chi connectivity index (χ3n) is 13.5. The Labute approximate surface area is 413 Å². The van der Waals surface area contributed by atoms with Gasteiger partial charge in [0.05, 0.1) is 14.2 Å². The second kappa shape index (κ2) is 45.8. The minimum absolute atomic E-state index is 0.0140. The fraction of sp³-hybridized carbons (Fsp3) is 0.895. The van der Waals surface area contributed by atoms with Crippen LogP contribution < -0.4 is 14.8 Å². The Morgan fingerprint density at radius 2 is 0.851 bits per heavy atom. The molecule has 0 aliphatic carbocycles. The van der Waals surface area contributed by atoms with Crippen LogP contribution in [0.2, 0.25) is 0 Å². The largest absolute Gasteiger partial charge is 0.480 e. The highest BCUT2D eigenvalue weighted by Crippen LogP contribution is 2.32. The first-order valence-corrected chi connectivity index (χ1v) is 28.7. The van der Waals surface area contributed by atoms with Gasteiger partial charge in [0.15, 0.2) is 0 Å². The summed E-state index contributed by atoms with van der Waals surface area (Å²) in [5.74, 6) is 1.09. The van der Waals surface area contributed by atoms with E-state index in [0.29, 0.717) is 24.6 Å². The maximum atomic E-state index is 13.0. The number of hydrogen-bond acceptors (Lipinski definition) is 10. The molecule has 0 saturated carbocycles. The third-order valence-corrected chi connectivity index (χ3v) is 13.5. The predicted octanol–water partition coefficient (Wildman–Crippen LogP) is 16.1. The van der Waals surface area contributed by atoms with E-state index in [1.807, 2.05) is 0 Å². The van der Waals surface area contributed by atoms with Crippen molar-refractivity contribution in [1.82, 2.24) is 15.1 Å². The molecule has 0 saturated heterocycles. The van der Waals surface area contributed by atoms with Gasteiger partial charge in [-0.3, -0.25) is 9.59 Å². The quantitative estimate of drug-likeness (QED) is 0.0500. The van der Waals surface area contributed by atoms with Crippen LogP contribution >= 0.6 is 0 Å². The molecule has 1 aromatic heterocycles. The van der Waals surface area contributed by atoms with Gasteiger partial charge in [-0.25, -0.2) is 0 Å². The number of hydrogen-bond donors (Lipinski definition) is 1. The van der Waals surface area contributed by atoms with E-state index in [9.17, 15) is 9.59 Å². The summed E-state index contributed by atoms with van der Waals surface area (Å²) in [5.41, 5.74) is 1.94. The number of methoxy groups -OCH3 is 2. The monoisotopic (exact) mass is 945 g/mol. The second-order valence-corrected chi connectivity index (χ2v) is 19.6. The van der Waals surface area contributed by atoms with Crippen molar-refractivity contribution in [2.75, 3.05) is 45.7 Å². The van der Waals surface area contributed by atoms with Gasteiger partial charge in [-0.1, -0.05) is 176 Å². The Hall–Kier alpha value is -2.62. The van der Waals surface area contributed by atoms with Crippen LogP contribution in [-0.2, 0) is 25.5 Å². The van der Waals surface area contributed by atoms with Crippen molar-refractivity contribution < 1.29 is 28.5 Å². The number of nitrogens with zero attached hydrogens (tertiary/aromatic N) is 3. The zero-order valence-electron chi connectivity index (χ0n) is 45.1. The van der Waals surface area contributed by atoms with Crippen LogP contribution in [0.5, 0.6) is 11.8 Å². The summed E-state index contributed by atoms with van der Waals surface area (Å²) in [6, 6.07) is 0. The van der Waals surface area contributed by atoms with Crippen molar-refractivity contribution in [1.29, 1.82) is 0 Å². The number of ether oxygens (including phenoxy) is 4. The summed E-state index contributed by atoms with van der Waals surface area (Å²) < 4.78 is 23.2. The first-order valence-electron chi connectivity index (χ1n) is 28.7. The van der Waals surface area contributed by atoms with Crippen molar-refractivity contribution in [3.63, 3.8) is 0 Å². The van der Waals surface area contributed by atoms with Crippen LogP contribution in [0.4, 0.5) is 5.69 Å². The van der Waals surface area contributed by atoms with E-state index in [-0.39, 0.29) is 24.1 Å². The molecule has 10 nitrogen and oxygen atoms in total. The van der Waals surface area contributed by atoms with Gasteiger partial charge in [-0.2, -0.15) is 0 Å². The standard InChI is InChI=1S/C57H108N4O6/c1-8-13-17-20-25-32-40-50(12-5)66-53(62)44-35-28-23-30-37-47-61(49-39-46-58-55-52(43-16-11-4)56(64-6)59-60-57(55)65-7)48-38-31-24-29-36-45-54(63)67-51(41-33-26-21-18-14-9-2)42-34-27-22-19-15-10-3/h50-51H,8-49H2,1-7H3,(H,58,59). The molecule has 67 heavy (non-hydrogen) atoms. The highest BCUT2D eigenvalue weighted by Gasteiger charge is 2.19. The molecule has 0 aliphatic heterocycles. The fourth-order valence-electron chi connectivity index (χ4n) is 9.19. The van der Waals surface area contributed by atoms with E-state index >= 15 is 0 Å². The van der Waals surface area contributed by atoms with Gasteiger partial charge in [-0.15, -0.1) is 10.2 Å². The van der Waals surface area contributed by atoms with Crippen LogP contribution in [0.3, 0.4) is 0 Å². The SMILES string of the molecule is CCCCCCCCC(CC)OC(=O)CCCCCCCN(CCCCCCCC(=O)OC(CCCCCCCC)CCCCCCCC)CCCNc1c(OC)nnc(OC)c1CCCC. The first kappa shape index (κ1) is 62.4. The molecule has 0 aliphatic rings. The van der Waals surface area contributed by atoms with Gasteiger partial charge in [0, 0.05) is 24.9 Å². The lowest BCUT2D eigenvalue weighted by atomic mass is 10.0. The zero-order valence-corrected chi connectivity index (χ0v) is 45.1. The number of esters is 2. The average molecular weight is 946 g/mol. The third kappa shape index (κ3) is 34.3. The van der Waals surface area contributed by atoms with Crippen LogP contribution in [0.1, 0.15) is 278 Å². The maximum Gasteiger partial charge on any atom is 0.306 e. The Balaban J connectivity index is 2.61. The summed E-state index contributed by atoms with van der Waals surface area (Å²) in [7, 11) is 3.30. The molecule has 392 valence electrons. The second-order valence-electron chi connectivity index (χ2n) is 19.6. The Morgan fingerprint density at radius 1 is 0.463 bits per heavy atom. The number of carbonyl (C=O) groups is 2. The minimum atomic E-state index is -0.0140. The number of carbonyl (C=O) groups excluding carboxylic acids is 2. The Morgan fingerprint density at radius 3 is 1.31 bits per heavy atom. The summed E-state index contributed by atoms with van der Waals surface area (Å²) in [5, 5.41) is 12.2. The number of nitrogens with one attached hydrogen (secondary N) is 1. The van der Waals surface area contributed by atoms with E-state index < -0.39 is 0 Å². The molecule has 0 amide bonds. The van der Waals surface area contributed by atoms with E-state index in [0.717, 1.165) is 147 Å². The smallest absolute Gasteiger partial charge is 0.306 e. The molecule has 1 unspecified atom stereocenters. The van der Waals surface area contributed by atoms with Gasteiger partial charge in [0.25, 0.3) is 5.88 Å². The number of rotatable bonds is 50. The molecule has 1 N–H and O–H groups in total. The van der Waals surface area contributed by atoms with Crippen molar-refractivity contribution in [3.8, 4) is 11.8 Å². The highest BCUT2D eigenvalue weighted by molar-refractivity contribution is 5.69. The molecule has 1 heterocycles. The maximum absolute atomic E-state index is 13.0. The highest BCUT2D eigenvalue weighted by atomic mass is 16.5. The van der Waals surface area contributed by atoms with Gasteiger partial charge in [0.1, 0.15) is 17.9 Å². The van der Waals surface area contributed by atoms with Gasteiger partial charge in [0.2, 0.25) is 5.88 Å². The first-order chi connectivity index (χ1) is 32.9. The van der Waals surface area contributed by atoms with E-state index in [1.54, 1.807) is 14.2 Å². The minimum Gasteiger partial charge on any atom is -0.480 e. The van der Waals surface area contributed by atoms with Crippen molar-refractivity contribution in [3.05, 3.63) is 5.56 Å². The van der Waals surface area contributed by atoms with Crippen molar-refractivity contribution in [2.24, 2.45) is 0 Å². The van der Waals surface area contributed by atoms with Gasteiger partial charge < -0.3 is 29.2 Å². The summed E-state index contributed by atoms with van der Waals surface area (Å²) in [6.45, 7) is 15.1. The van der Waals surface area contributed by atoms with Crippen LogP contribution in [0, 0.1) is 0 Å². The molecule has 1 atom stereocenters. The molecule has 10 heteroatoms. The van der Waals surface area contributed by atoms with Crippen LogP contribution in [-0.4, -0.2) is 79.6 Å². The lowest BCUT2D eigenvalue weighted by Crippen LogP contribution is -2.28. The summed E-state index contributed by atoms with van der Waals surface area (Å²) in [6.07, 6.45) is 43.1. The summed E-state index contributed by atoms with van der Waals surface area (Å²) in [4.78, 5) is 28.2. The Kier molecular flexibility index (Phi) is 42.7. The molecular formula is C57H108N4O6. The van der Waals surface area contributed by atoms with Gasteiger partial charge >= 0.3 is 11.9 Å². The van der Waals surface area contributed by atoms with Crippen LogP contribution in [0.15, 0.2) is 0 Å². The molecule has 0 radical (unpaired) electrons. The lowest BCUT2D eigenvalue weighted by Gasteiger charge is -2.23. The molecule has 0 fully saturated rings. The number of anilines is 1. The zero-order chi connectivity index (χ0) is 48.8. The fourth-order valence-corrected chi connectivity index (χ4v) is 9.19. The molecule has 0 bridgehead atoms. The topological polar surface area (TPSA) is 112 Å². The van der Waals surface area contributed by atoms with Crippen molar-refractivity contribution in [2.45, 2.75) is 291 Å². The Bertz CT molecular complexity index is 1270. The molecule has 1 rings (SSSR count). The van der Waals surface area contributed by atoms with Crippen LogP contribution in [0.25, 0.3) is 0 Å². The lowest BCUT2D eigenvalue weighted by molar-refractivity contribution is -0.150. The molecule has 0 aromatic carbocycles. The average Bonchev–Trinajstić information content (AvgIpc) is 3.33. The normalized spacial score (nSPS) is 12.0.